The van der Waals surface area contributed by atoms with E-state index in [9.17, 15) is 13.9 Å². The summed E-state index contributed by atoms with van der Waals surface area (Å²) < 4.78 is 28.7. The van der Waals surface area contributed by atoms with Crippen molar-refractivity contribution in [3.63, 3.8) is 0 Å². The van der Waals surface area contributed by atoms with E-state index in [0.29, 0.717) is 6.54 Å². The molecule has 1 unspecified atom stereocenters. The van der Waals surface area contributed by atoms with E-state index >= 15 is 0 Å². The molecule has 4 nitrogen and oxygen atoms in total. The number of hydrogen-bond acceptors (Lipinski definition) is 3. The molecule has 1 aromatic heterocycles. The zero-order chi connectivity index (χ0) is 16.4. The first-order chi connectivity index (χ1) is 11.1. The Morgan fingerprint density at radius 3 is 2.91 bits per heavy atom. The van der Waals surface area contributed by atoms with Crippen molar-refractivity contribution in [3.05, 3.63) is 52.3 Å². The Morgan fingerprint density at radius 2 is 2.09 bits per heavy atom. The number of nitrogens with one attached hydrogen (secondary N) is 1. The second-order valence-electron chi connectivity index (χ2n) is 6.02. The van der Waals surface area contributed by atoms with Crippen LogP contribution >= 0.6 is 0 Å². The molecule has 23 heavy (non-hydrogen) atoms. The van der Waals surface area contributed by atoms with E-state index in [1.165, 1.54) is 18.4 Å². The molecule has 1 aliphatic rings. The van der Waals surface area contributed by atoms with E-state index in [2.05, 4.69) is 10.4 Å². The summed E-state index contributed by atoms with van der Waals surface area (Å²) >= 11 is 0. The summed E-state index contributed by atoms with van der Waals surface area (Å²) in [6, 6.07) is 3.11. The molecule has 0 saturated carbocycles. The van der Waals surface area contributed by atoms with Gasteiger partial charge in [-0.2, -0.15) is 5.10 Å². The maximum Gasteiger partial charge on any atom is 0.129 e. The number of aliphatic hydroxyl groups is 1. The lowest BCUT2D eigenvalue weighted by atomic mass is 9.96. The number of aromatic nitrogens is 2. The van der Waals surface area contributed by atoms with Crippen LogP contribution in [0.5, 0.6) is 0 Å². The van der Waals surface area contributed by atoms with Crippen molar-refractivity contribution in [1.29, 1.82) is 0 Å². The Balaban J connectivity index is 1.63. The molecule has 0 amide bonds. The van der Waals surface area contributed by atoms with Gasteiger partial charge in [0.25, 0.3) is 0 Å². The number of aliphatic hydroxyl groups excluding tert-OH is 1. The van der Waals surface area contributed by atoms with Crippen LogP contribution in [0.1, 0.15) is 41.5 Å². The molecule has 1 atom stereocenters. The van der Waals surface area contributed by atoms with Crippen LogP contribution in [0, 0.1) is 11.6 Å². The normalized spacial score (nSPS) is 15.5. The van der Waals surface area contributed by atoms with Gasteiger partial charge in [0.15, 0.2) is 0 Å². The average molecular weight is 321 g/mol. The quantitative estimate of drug-likeness (QED) is 0.889. The molecule has 0 saturated heterocycles. The summed E-state index contributed by atoms with van der Waals surface area (Å²) in [5, 5.41) is 17.7. The van der Waals surface area contributed by atoms with E-state index in [1.807, 2.05) is 11.7 Å². The van der Waals surface area contributed by atoms with E-state index in [0.717, 1.165) is 42.4 Å². The van der Waals surface area contributed by atoms with Crippen molar-refractivity contribution in [2.45, 2.75) is 38.3 Å². The van der Waals surface area contributed by atoms with E-state index < -0.39 is 17.7 Å². The maximum absolute atomic E-state index is 13.6. The fourth-order valence-corrected chi connectivity index (χ4v) is 3.18. The second-order valence-corrected chi connectivity index (χ2v) is 6.02. The Hall–Kier alpha value is -1.79. The van der Waals surface area contributed by atoms with Crippen molar-refractivity contribution in [2.24, 2.45) is 7.05 Å². The number of halogens is 2. The van der Waals surface area contributed by atoms with Gasteiger partial charge in [-0.1, -0.05) is 0 Å². The predicted molar refractivity (Wildman–Crippen MR) is 82.9 cm³/mol. The lowest BCUT2D eigenvalue weighted by Crippen LogP contribution is -2.23. The summed E-state index contributed by atoms with van der Waals surface area (Å²) in [6.07, 6.45) is 3.30. The Bertz CT molecular complexity index is 699. The van der Waals surface area contributed by atoms with Crippen molar-refractivity contribution < 1.29 is 13.9 Å². The van der Waals surface area contributed by atoms with Gasteiger partial charge in [0.05, 0.1) is 17.5 Å². The first kappa shape index (κ1) is 16.1. The number of fused-ring (bicyclic) bond motifs is 1. The molecule has 0 spiro atoms. The highest BCUT2D eigenvalue weighted by Gasteiger charge is 2.19. The highest BCUT2D eigenvalue weighted by Crippen LogP contribution is 2.24. The molecule has 2 N–H and O–H groups in total. The first-order valence-corrected chi connectivity index (χ1v) is 7.93. The maximum atomic E-state index is 13.6. The Kier molecular flexibility index (Phi) is 4.73. The molecule has 1 heterocycles. The molecular formula is C17H21F2N3O. The van der Waals surface area contributed by atoms with Crippen LogP contribution in [-0.2, 0) is 26.4 Å². The minimum atomic E-state index is -1.09. The number of benzene rings is 1. The molecule has 0 radical (unpaired) electrons. The Morgan fingerprint density at radius 1 is 1.30 bits per heavy atom. The van der Waals surface area contributed by atoms with Gasteiger partial charge in [-0.25, -0.2) is 8.78 Å². The second kappa shape index (κ2) is 6.76. The molecule has 124 valence electrons. The van der Waals surface area contributed by atoms with Crippen molar-refractivity contribution in [3.8, 4) is 0 Å². The van der Waals surface area contributed by atoms with Gasteiger partial charge in [-0.3, -0.25) is 4.68 Å². The number of hydrogen-bond donors (Lipinski definition) is 2. The van der Waals surface area contributed by atoms with Crippen LogP contribution in [0.4, 0.5) is 8.78 Å². The Labute approximate surface area is 134 Å². The number of rotatable bonds is 5. The summed E-state index contributed by atoms with van der Waals surface area (Å²) in [7, 11) is 1.91. The molecule has 2 aromatic rings. The van der Waals surface area contributed by atoms with Gasteiger partial charge in [0.1, 0.15) is 11.6 Å². The van der Waals surface area contributed by atoms with Gasteiger partial charge < -0.3 is 10.4 Å². The minimum Gasteiger partial charge on any atom is -0.387 e. The standard InChI is InChI=1S/C17H21F2N3O/c1-22-16(12-4-2-3-5-15(12)21-22)9-20-10-17(23)13-8-11(18)6-7-14(13)19/h6-8,17,20,23H,2-5,9-10H2,1H3. The van der Waals surface area contributed by atoms with Gasteiger partial charge in [-0.15, -0.1) is 0 Å². The molecule has 1 aromatic carbocycles. The molecule has 6 heteroatoms. The third kappa shape index (κ3) is 3.43. The largest absolute Gasteiger partial charge is 0.387 e. The molecule has 0 aliphatic heterocycles. The molecule has 3 rings (SSSR count). The topological polar surface area (TPSA) is 50.1 Å². The monoisotopic (exact) mass is 321 g/mol. The van der Waals surface area contributed by atoms with Crippen LogP contribution in [0.25, 0.3) is 0 Å². The molecule has 1 aliphatic carbocycles. The lowest BCUT2D eigenvalue weighted by Gasteiger charge is -2.15. The third-order valence-corrected chi connectivity index (χ3v) is 4.40. The average Bonchev–Trinajstić information content (AvgIpc) is 2.85. The lowest BCUT2D eigenvalue weighted by molar-refractivity contribution is 0.169. The van der Waals surface area contributed by atoms with Gasteiger partial charge >= 0.3 is 0 Å². The fourth-order valence-electron chi connectivity index (χ4n) is 3.18. The number of aryl methyl sites for hydroxylation is 2. The van der Waals surface area contributed by atoms with Gasteiger partial charge in [0, 0.05) is 25.7 Å². The van der Waals surface area contributed by atoms with Crippen LogP contribution in [0.2, 0.25) is 0 Å². The van der Waals surface area contributed by atoms with Crippen LogP contribution in [-0.4, -0.2) is 21.4 Å². The van der Waals surface area contributed by atoms with E-state index in [1.54, 1.807) is 0 Å². The van der Waals surface area contributed by atoms with E-state index in [4.69, 9.17) is 0 Å². The smallest absolute Gasteiger partial charge is 0.129 e. The minimum absolute atomic E-state index is 0.0236. The van der Waals surface area contributed by atoms with Crippen LogP contribution < -0.4 is 5.32 Å². The summed E-state index contributed by atoms with van der Waals surface area (Å²) in [6.45, 7) is 0.702. The molecule has 0 fully saturated rings. The predicted octanol–water partition coefficient (Wildman–Crippen LogP) is 2.40. The zero-order valence-corrected chi connectivity index (χ0v) is 13.1. The van der Waals surface area contributed by atoms with Gasteiger partial charge in [0.2, 0.25) is 0 Å². The highest BCUT2D eigenvalue weighted by molar-refractivity contribution is 5.28. The van der Waals surface area contributed by atoms with E-state index in [-0.39, 0.29) is 12.1 Å². The van der Waals surface area contributed by atoms with Crippen LogP contribution in [0.15, 0.2) is 18.2 Å². The first-order valence-electron chi connectivity index (χ1n) is 7.93. The fraction of sp³-hybridized carbons (Fsp3) is 0.471. The third-order valence-electron chi connectivity index (χ3n) is 4.40. The summed E-state index contributed by atoms with van der Waals surface area (Å²) in [5.74, 6) is -1.15. The van der Waals surface area contributed by atoms with Crippen molar-refractivity contribution in [1.82, 2.24) is 15.1 Å². The van der Waals surface area contributed by atoms with Crippen molar-refractivity contribution >= 4 is 0 Å². The SMILES string of the molecule is Cn1nc2c(c1CNCC(O)c1cc(F)ccc1F)CCCC2. The van der Waals surface area contributed by atoms with Crippen molar-refractivity contribution in [2.75, 3.05) is 6.54 Å². The van der Waals surface area contributed by atoms with Gasteiger partial charge in [-0.05, 0) is 49.4 Å². The number of nitrogens with zero attached hydrogens (tertiary/aromatic N) is 2. The molecular weight excluding hydrogens is 300 g/mol. The molecule has 0 bridgehead atoms. The highest BCUT2D eigenvalue weighted by atomic mass is 19.1. The van der Waals surface area contributed by atoms with Crippen LogP contribution in [0.3, 0.4) is 0 Å². The summed E-state index contributed by atoms with van der Waals surface area (Å²) in [4.78, 5) is 0. The summed E-state index contributed by atoms with van der Waals surface area (Å²) in [5.41, 5.74) is 3.53. The zero-order valence-electron chi connectivity index (χ0n) is 13.1.